The largest absolute Gasteiger partial charge is 0.295 e. The fourth-order valence-electron chi connectivity index (χ4n) is 2.96. The fourth-order valence-corrected chi connectivity index (χ4v) is 2.96. The van der Waals surface area contributed by atoms with Gasteiger partial charge in [-0.3, -0.25) is 4.79 Å². The van der Waals surface area contributed by atoms with Crippen LogP contribution in [0.15, 0.2) is 11.6 Å². The van der Waals surface area contributed by atoms with Gasteiger partial charge in [-0.15, -0.1) is 0 Å². The quantitative estimate of drug-likeness (QED) is 0.563. The molecular formula is C12H18O. The molecule has 0 amide bonds. The van der Waals surface area contributed by atoms with Crippen LogP contribution >= 0.6 is 0 Å². The minimum Gasteiger partial charge on any atom is -0.295 e. The normalized spacial score (nSPS) is 25.5. The molecular weight excluding hydrogens is 160 g/mol. The molecule has 0 unspecified atom stereocenters. The molecule has 0 atom stereocenters. The topological polar surface area (TPSA) is 17.1 Å². The third kappa shape index (κ3) is 1.84. The number of allylic oxidation sites excluding steroid dienone is 2. The SMILES string of the molecule is CC(=O)C=C1CC2(CCCCC2)C1. The summed E-state index contributed by atoms with van der Waals surface area (Å²) >= 11 is 0. The Hall–Kier alpha value is -0.590. The van der Waals surface area contributed by atoms with Gasteiger partial charge in [-0.2, -0.15) is 0 Å². The molecule has 0 aliphatic heterocycles. The maximum atomic E-state index is 10.8. The lowest BCUT2D eigenvalue weighted by molar-refractivity contribution is -0.112. The molecule has 2 aliphatic carbocycles. The van der Waals surface area contributed by atoms with E-state index in [-0.39, 0.29) is 5.78 Å². The van der Waals surface area contributed by atoms with Crippen molar-refractivity contribution in [2.75, 3.05) is 0 Å². The lowest BCUT2D eigenvalue weighted by Gasteiger charge is -2.47. The molecule has 72 valence electrons. The van der Waals surface area contributed by atoms with Crippen LogP contribution < -0.4 is 0 Å². The van der Waals surface area contributed by atoms with Gasteiger partial charge in [-0.05, 0) is 44.1 Å². The van der Waals surface area contributed by atoms with Crippen LogP contribution in [-0.2, 0) is 4.79 Å². The van der Waals surface area contributed by atoms with Crippen molar-refractivity contribution in [3.63, 3.8) is 0 Å². The Balaban J connectivity index is 1.91. The van der Waals surface area contributed by atoms with Gasteiger partial charge in [0.1, 0.15) is 0 Å². The molecule has 0 aromatic carbocycles. The van der Waals surface area contributed by atoms with Crippen molar-refractivity contribution in [2.24, 2.45) is 5.41 Å². The molecule has 2 fully saturated rings. The number of rotatable bonds is 1. The summed E-state index contributed by atoms with van der Waals surface area (Å²) in [6.45, 7) is 1.65. The van der Waals surface area contributed by atoms with Gasteiger partial charge in [-0.1, -0.05) is 24.8 Å². The lowest BCUT2D eigenvalue weighted by Crippen LogP contribution is -2.33. The van der Waals surface area contributed by atoms with Gasteiger partial charge in [0, 0.05) is 0 Å². The van der Waals surface area contributed by atoms with Crippen LogP contribution in [0.4, 0.5) is 0 Å². The second-order valence-electron chi connectivity index (χ2n) is 4.83. The molecule has 0 bridgehead atoms. The van der Waals surface area contributed by atoms with Crippen LogP contribution in [0.5, 0.6) is 0 Å². The Labute approximate surface area is 80.2 Å². The summed E-state index contributed by atoms with van der Waals surface area (Å²) in [5.41, 5.74) is 2.04. The summed E-state index contributed by atoms with van der Waals surface area (Å²) in [6.07, 6.45) is 11.3. The van der Waals surface area contributed by atoms with E-state index >= 15 is 0 Å². The monoisotopic (exact) mass is 178 g/mol. The number of carbonyl (C=O) groups excluding carboxylic acids is 1. The van der Waals surface area contributed by atoms with E-state index in [2.05, 4.69) is 0 Å². The lowest BCUT2D eigenvalue weighted by atomic mass is 9.58. The van der Waals surface area contributed by atoms with Crippen molar-refractivity contribution in [2.45, 2.75) is 51.9 Å². The summed E-state index contributed by atoms with van der Waals surface area (Å²) in [4.78, 5) is 10.8. The molecule has 0 aromatic rings. The Morgan fingerprint density at radius 3 is 2.38 bits per heavy atom. The van der Waals surface area contributed by atoms with Crippen molar-refractivity contribution in [3.8, 4) is 0 Å². The van der Waals surface area contributed by atoms with E-state index in [0.717, 1.165) is 0 Å². The molecule has 1 heteroatoms. The highest BCUT2D eigenvalue weighted by Crippen LogP contribution is 2.54. The molecule has 2 saturated carbocycles. The average molecular weight is 178 g/mol. The molecule has 2 rings (SSSR count). The Morgan fingerprint density at radius 1 is 1.23 bits per heavy atom. The van der Waals surface area contributed by atoms with Crippen molar-refractivity contribution in [3.05, 3.63) is 11.6 Å². The van der Waals surface area contributed by atoms with E-state index in [4.69, 9.17) is 0 Å². The Morgan fingerprint density at radius 2 is 1.85 bits per heavy atom. The van der Waals surface area contributed by atoms with Crippen molar-refractivity contribution < 1.29 is 4.79 Å². The average Bonchev–Trinajstić information content (AvgIpc) is 2.02. The van der Waals surface area contributed by atoms with Crippen LogP contribution in [0.2, 0.25) is 0 Å². The maximum Gasteiger partial charge on any atom is 0.152 e. The minimum absolute atomic E-state index is 0.223. The highest BCUT2D eigenvalue weighted by molar-refractivity contribution is 5.88. The van der Waals surface area contributed by atoms with Crippen molar-refractivity contribution in [1.82, 2.24) is 0 Å². The molecule has 2 aliphatic rings. The Kier molecular flexibility index (Phi) is 2.27. The fraction of sp³-hybridized carbons (Fsp3) is 0.750. The summed E-state index contributed by atoms with van der Waals surface area (Å²) in [5, 5.41) is 0. The van der Waals surface area contributed by atoms with E-state index in [1.54, 1.807) is 6.92 Å². The zero-order chi connectivity index (χ0) is 9.31. The zero-order valence-corrected chi connectivity index (χ0v) is 8.44. The first kappa shape index (κ1) is 8.98. The van der Waals surface area contributed by atoms with Gasteiger partial charge in [0.2, 0.25) is 0 Å². The summed E-state index contributed by atoms with van der Waals surface area (Å²) in [5.74, 6) is 0.223. The third-order valence-corrected chi connectivity index (χ3v) is 3.53. The first-order valence-electron chi connectivity index (χ1n) is 5.40. The molecule has 13 heavy (non-hydrogen) atoms. The zero-order valence-electron chi connectivity index (χ0n) is 8.44. The molecule has 0 saturated heterocycles. The van der Waals surface area contributed by atoms with E-state index in [9.17, 15) is 4.79 Å². The van der Waals surface area contributed by atoms with Gasteiger partial charge >= 0.3 is 0 Å². The van der Waals surface area contributed by atoms with Crippen LogP contribution in [0.25, 0.3) is 0 Å². The van der Waals surface area contributed by atoms with Crippen LogP contribution in [0.1, 0.15) is 51.9 Å². The molecule has 0 heterocycles. The maximum absolute atomic E-state index is 10.8. The van der Waals surface area contributed by atoms with Crippen LogP contribution in [0, 0.1) is 5.41 Å². The smallest absolute Gasteiger partial charge is 0.152 e. The number of ketones is 1. The van der Waals surface area contributed by atoms with E-state index < -0.39 is 0 Å². The highest BCUT2D eigenvalue weighted by Gasteiger charge is 2.40. The summed E-state index contributed by atoms with van der Waals surface area (Å²) in [7, 11) is 0. The second-order valence-corrected chi connectivity index (χ2v) is 4.83. The van der Waals surface area contributed by atoms with Gasteiger partial charge in [0.15, 0.2) is 5.78 Å². The number of hydrogen-bond acceptors (Lipinski definition) is 1. The summed E-state index contributed by atoms with van der Waals surface area (Å²) < 4.78 is 0. The molecule has 0 N–H and O–H groups in total. The van der Waals surface area contributed by atoms with Crippen molar-refractivity contribution >= 4 is 5.78 Å². The first-order valence-corrected chi connectivity index (χ1v) is 5.40. The predicted octanol–water partition coefficient (Wildman–Crippen LogP) is 3.25. The first-order chi connectivity index (χ1) is 6.20. The van der Waals surface area contributed by atoms with Crippen LogP contribution in [0.3, 0.4) is 0 Å². The number of hydrogen-bond donors (Lipinski definition) is 0. The van der Waals surface area contributed by atoms with Gasteiger partial charge in [0.25, 0.3) is 0 Å². The van der Waals surface area contributed by atoms with Gasteiger partial charge < -0.3 is 0 Å². The minimum atomic E-state index is 0.223. The number of carbonyl (C=O) groups is 1. The predicted molar refractivity (Wildman–Crippen MR) is 53.5 cm³/mol. The molecule has 0 radical (unpaired) electrons. The third-order valence-electron chi connectivity index (χ3n) is 3.53. The standard InChI is InChI=1S/C12H18O/c1-10(13)7-11-8-12(9-11)5-3-2-4-6-12/h7H,2-6,8-9H2,1H3. The van der Waals surface area contributed by atoms with E-state index in [1.807, 2.05) is 6.08 Å². The van der Waals surface area contributed by atoms with E-state index in [0.29, 0.717) is 5.41 Å². The van der Waals surface area contributed by atoms with Crippen LogP contribution in [-0.4, -0.2) is 5.78 Å². The molecule has 1 nitrogen and oxygen atoms in total. The van der Waals surface area contributed by atoms with Crippen molar-refractivity contribution in [1.29, 1.82) is 0 Å². The molecule has 1 spiro atoms. The molecule has 0 aromatic heterocycles. The second kappa shape index (κ2) is 3.28. The Bertz CT molecular complexity index is 234. The van der Waals surface area contributed by atoms with Gasteiger partial charge in [-0.25, -0.2) is 0 Å². The van der Waals surface area contributed by atoms with E-state index in [1.165, 1.54) is 50.5 Å². The summed E-state index contributed by atoms with van der Waals surface area (Å²) in [6, 6.07) is 0. The highest BCUT2D eigenvalue weighted by atomic mass is 16.1. The van der Waals surface area contributed by atoms with Gasteiger partial charge in [0.05, 0.1) is 0 Å².